The van der Waals surface area contributed by atoms with E-state index in [0.717, 1.165) is 17.1 Å². The second-order valence-electron chi connectivity index (χ2n) is 6.14. The van der Waals surface area contributed by atoms with Gasteiger partial charge in [0.25, 0.3) is 0 Å². The van der Waals surface area contributed by atoms with Crippen LogP contribution in [0.1, 0.15) is 24.1 Å². The number of imide groups is 1. The molecule has 1 fully saturated rings. The molecule has 9 nitrogen and oxygen atoms in total. The summed E-state index contributed by atoms with van der Waals surface area (Å²) in [7, 11) is 3.84. The zero-order valence-electron chi connectivity index (χ0n) is 13.7. The molecule has 9 heteroatoms. The van der Waals surface area contributed by atoms with E-state index in [1.165, 1.54) is 6.33 Å². The lowest BCUT2D eigenvalue weighted by Gasteiger charge is -2.32. The highest BCUT2D eigenvalue weighted by atomic mass is 16.2. The van der Waals surface area contributed by atoms with E-state index in [9.17, 15) is 14.4 Å². The summed E-state index contributed by atoms with van der Waals surface area (Å²) in [6.45, 7) is 0.916. The van der Waals surface area contributed by atoms with Crippen molar-refractivity contribution in [2.24, 2.45) is 0 Å². The maximum absolute atomic E-state index is 12.7. The van der Waals surface area contributed by atoms with Crippen molar-refractivity contribution in [3.63, 3.8) is 0 Å². The maximum Gasteiger partial charge on any atom is 0.322 e. The number of nitrogens with zero attached hydrogens (tertiary/aromatic N) is 4. The average molecular weight is 332 g/mol. The minimum absolute atomic E-state index is 0.145. The van der Waals surface area contributed by atoms with E-state index in [1.54, 1.807) is 4.90 Å². The summed E-state index contributed by atoms with van der Waals surface area (Å²) in [4.78, 5) is 47.9. The number of hydrogen-bond donors (Lipinski definition) is 2. The first kappa shape index (κ1) is 16.2. The normalized spacial score (nSPS) is 20.6. The van der Waals surface area contributed by atoms with Crippen LogP contribution in [0, 0.1) is 0 Å². The first-order valence-corrected chi connectivity index (χ1v) is 7.85. The van der Waals surface area contributed by atoms with E-state index in [1.807, 2.05) is 19.0 Å². The van der Waals surface area contributed by atoms with Crippen molar-refractivity contribution in [3.8, 4) is 0 Å². The van der Waals surface area contributed by atoms with Gasteiger partial charge in [0.1, 0.15) is 18.2 Å². The van der Waals surface area contributed by atoms with Crippen LogP contribution in [0.2, 0.25) is 0 Å². The first-order chi connectivity index (χ1) is 11.5. The monoisotopic (exact) mass is 332 g/mol. The fourth-order valence-corrected chi connectivity index (χ4v) is 3.05. The Bertz CT molecular complexity index is 690. The Kier molecular flexibility index (Phi) is 4.32. The standard InChI is InChI=1S/C15H20N6O3/c1-20(2)13-9-5-6-21(7-11(9)16-8-17-13)14(23)10-3-4-12(22)19-15(24)18-10/h8,10H,3-7H2,1-2H3,(H2,18,19,22,24). The third-order valence-corrected chi connectivity index (χ3v) is 4.24. The first-order valence-electron chi connectivity index (χ1n) is 7.85. The molecule has 0 aromatic carbocycles. The van der Waals surface area contributed by atoms with Crippen LogP contribution in [-0.4, -0.2) is 59.4 Å². The number of anilines is 1. The van der Waals surface area contributed by atoms with E-state index in [-0.39, 0.29) is 18.2 Å². The van der Waals surface area contributed by atoms with Gasteiger partial charge in [0, 0.05) is 32.6 Å². The van der Waals surface area contributed by atoms with Gasteiger partial charge in [-0.1, -0.05) is 0 Å². The summed E-state index contributed by atoms with van der Waals surface area (Å²) < 4.78 is 0. The molecule has 2 aliphatic heterocycles. The largest absolute Gasteiger partial charge is 0.362 e. The van der Waals surface area contributed by atoms with Crippen LogP contribution in [0.4, 0.5) is 10.6 Å². The van der Waals surface area contributed by atoms with E-state index in [2.05, 4.69) is 20.6 Å². The van der Waals surface area contributed by atoms with Gasteiger partial charge >= 0.3 is 6.03 Å². The molecule has 1 saturated heterocycles. The molecule has 1 atom stereocenters. The Hall–Kier alpha value is -2.71. The number of hydrogen-bond acceptors (Lipinski definition) is 6. The van der Waals surface area contributed by atoms with Crippen molar-refractivity contribution in [1.82, 2.24) is 25.5 Å². The topological polar surface area (TPSA) is 108 Å². The van der Waals surface area contributed by atoms with Crippen molar-refractivity contribution in [3.05, 3.63) is 17.6 Å². The Labute approximate surface area is 139 Å². The summed E-state index contributed by atoms with van der Waals surface area (Å²) in [5, 5.41) is 4.74. The summed E-state index contributed by atoms with van der Waals surface area (Å²) in [6.07, 6.45) is 2.60. The van der Waals surface area contributed by atoms with Crippen LogP contribution >= 0.6 is 0 Å². The van der Waals surface area contributed by atoms with Gasteiger partial charge in [-0.2, -0.15) is 0 Å². The predicted octanol–water partition coefficient (Wildman–Crippen LogP) is -0.584. The molecule has 3 rings (SSSR count). The number of carbonyl (C=O) groups excluding carboxylic acids is 3. The third kappa shape index (κ3) is 3.15. The average Bonchev–Trinajstić information content (AvgIpc) is 2.73. The molecule has 0 aliphatic carbocycles. The number of amides is 4. The van der Waals surface area contributed by atoms with Gasteiger partial charge in [-0.05, 0) is 12.8 Å². The molecule has 2 aliphatic rings. The number of urea groups is 1. The van der Waals surface area contributed by atoms with Crippen molar-refractivity contribution in [2.75, 3.05) is 25.5 Å². The highest BCUT2D eigenvalue weighted by molar-refractivity contribution is 5.98. The fourth-order valence-electron chi connectivity index (χ4n) is 3.05. The molecule has 0 saturated carbocycles. The molecule has 1 aromatic rings. The zero-order chi connectivity index (χ0) is 17.3. The van der Waals surface area contributed by atoms with Crippen LogP contribution < -0.4 is 15.5 Å². The molecule has 0 spiro atoms. The highest BCUT2D eigenvalue weighted by Gasteiger charge is 2.32. The summed E-state index contributed by atoms with van der Waals surface area (Å²) in [5.41, 5.74) is 1.87. The number of fused-ring (bicyclic) bond motifs is 1. The lowest BCUT2D eigenvalue weighted by atomic mass is 10.0. The summed E-state index contributed by atoms with van der Waals surface area (Å²) in [6, 6.07) is -1.31. The number of aromatic nitrogens is 2. The maximum atomic E-state index is 12.7. The molecule has 2 N–H and O–H groups in total. The highest BCUT2D eigenvalue weighted by Crippen LogP contribution is 2.24. The van der Waals surface area contributed by atoms with Crippen molar-refractivity contribution < 1.29 is 14.4 Å². The number of nitrogens with one attached hydrogen (secondary N) is 2. The second-order valence-corrected chi connectivity index (χ2v) is 6.14. The minimum atomic E-state index is -0.687. The van der Waals surface area contributed by atoms with E-state index >= 15 is 0 Å². The molecule has 4 amide bonds. The van der Waals surface area contributed by atoms with Crippen molar-refractivity contribution in [1.29, 1.82) is 0 Å². The quantitative estimate of drug-likeness (QED) is 0.750. The lowest BCUT2D eigenvalue weighted by Crippen LogP contribution is -2.50. The number of carbonyl (C=O) groups is 3. The molecule has 1 aromatic heterocycles. The van der Waals surface area contributed by atoms with Crippen molar-refractivity contribution in [2.45, 2.75) is 31.8 Å². The molecule has 3 heterocycles. The predicted molar refractivity (Wildman–Crippen MR) is 85.2 cm³/mol. The van der Waals surface area contributed by atoms with Gasteiger partial charge in [0.05, 0.1) is 12.2 Å². The Balaban J connectivity index is 1.75. The summed E-state index contributed by atoms with van der Waals surface area (Å²) >= 11 is 0. The van der Waals surface area contributed by atoms with Crippen LogP contribution in [-0.2, 0) is 22.6 Å². The molecule has 0 bridgehead atoms. The van der Waals surface area contributed by atoms with Gasteiger partial charge in [-0.15, -0.1) is 0 Å². The van der Waals surface area contributed by atoms with Crippen LogP contribution in [0.5, 0.6) is 0 Å². The minimum Gasteiger partial charge on any atom is -0.362 e. The number of rotatable bonds is 2. The van der Waals surface area contributed by atoms with Crippen molar-refractivity contribution >= 4 is 23.7 Å². The van der Waals surface area contributed by atoms with Gasteiger partial charge in [-0.3, -0.25) is 14.9 Å². The SMILES string of the molecule is CN(C)c1ncnc2c1CCN(C(=O)C1CCC(=O)NC(=O)N1)C2. The molecule has 24 heavy (non-hydrogen) atoms. The lowest BCUT2D eigenvalue weighted by molar-refractivity contribution is -0.134. The molecule has 0 radical (unpaired) electrons. The Morgan fingerprint density at radius 3 is 2.83 bits per heavy atom. The van der Waals surface area contributed by atoms with E-state index in [0.29, 0.717) is 25.9 Å². The van der Waals surface area contributed by atoms with Gasteiger partial charge in [0.15, 0.2) is 0 Å². The smallest absolute Gasteiger partial charge is 0.322 e. The van der Waals surface area contributed by atoms with E-state index in [4.69, 9.17) is 0 Å². The fraction of sp³-hybridized carbons (Fsp3) is 0.533. The van der Waals surface area contributed by atoms with Crippen LogP contribution in [0.15, 0.2) is 6.33 Å². The Morgan fingerprint density at radius 2 is 2.08 bits per heavy atom. The van der Waals surface area contributed by atoms with E-state index < -0.39 is 12.1 Å². The van der Waals surface area contributed by atoms with Crippen LogP contribution in [0.3, 0.4) is 0 Å². The molecule has 128 valence electrons. The van der Waals surface area contributed by atoms with Gasteiger partial charge in [-0.25, -0.2) is 14.8 Å². The summed E-state index contributed by atoms with van der Waals surface area (Å²) in [5.74, 6) is 0.315. The third-order valence-electron chi connectivity index (χ3n) is 4.24. The van der Waals surface area contributed by atoms with Gasteiger partial charge in [0.2, 0.25) is 11.8 Å². The molecular weight excluding hydrogens is 312 g/mol. The zero-order valence-corrected chi connectivity index (χ0v) is 13.7. The molecular formula is C15H20N6O3. The second kappa shape index (κ2) is 6.42. The van der Waals surface area contributed by atoms with Crippen LogP contribution in [0.25, 0.3) is 0 Å². The van der Waals surface area contributed by atoms with Gasteiger partial charge < -0.3 is 15.1 Å². The Morgan fingerprint density at radius 1 is 1.29 bits per heavy atom. The molecule has 1 unspecified atom stereocenters.